The molecule has 0 aromatic heterocycles. The Morgan fingerprint density at radius 2 is 1.69 bits per heavy atom. The molecule has 4 rings (SSSR count). The normalized spacial score (nSPS) is 13.5. The fourth-order valence-electron chi connectivity index (χ4n) is 4.25. The van der Waals surface area contributed by atoms with Crippen molar-refractivity contribution in [3.8, 4) is 17.2 Å². The van der Waals surface area contributed by atoms with Gasteiger partial charge in [0.2, 0.25) is 0 Å². The molecule has 1 N–H and O–H groups in total. The van der Waals surface area contributed by atoms with Crippen LogP contribution in [0.3, 0.4) is 0 Å². The summed E-state index contributed by atoms with van der Waals surface area (Å²) in [7, 11) is 4.91. The summed E-state index contributed by atoms with van der Waals surface area (Å²) in [6, 6.07) is 13.8. The van der Waals surface area contributed by atoms with Gasteiger partial charge in [0.05, 0.1) is 26.9 Å². The van der Waals surface area contributed by atoms with Crippen LogP contribution in [0.2, 0.25) is 0 Å². The average Bonchev–Trinajstić information content (AvgIpc) is 2.83. The van der Waals surface area contributed by atoms with Crippen LogP contribution in [-0.2, 0) is 13.0 Å². The molecule has 0 unspecified atom stereocenters. The third-order valence-corrected chi connectivity index (χ3v) is 6.56. The van der Waals surface area contributed by atoms with Gasteiger partial charge in [-0.05, 0) is 41.1 Å². The van der Waals surface area contributed by atoms with E-state index in [9.17, 15) is 4.79 Å². The maximum atomic E-state index is 13.0. The highest BCUT2D eigenvalue weighted by molar-refractivity contribution is 9.10. The summed E-state index contributed by atoms with van der Waals surface area (Å²) >= 11 is 3.58. The second-order valence-corrected chi connectivity index (χ2v) is 8.60. The van der Waals surface area contributed by atoms with Crippen molar-refractivity contribution in [2.24, 2.45) is 0 Å². The third-order valence-electron chi connectivity index (χ3n) is 5.90. The van der Waals surface area contributed by atoms with Gasteiger partial charge in [-0.25, -0.2) is 0 Å². The molecule has 0 bridgehead atoms. The monoisotopic (exact) mass is 498 g/mol. The summed E-state index contributed by atoms with van der Waals surface area (Å²) in [6.45, 7) is 3.06. The van der Waals surface area contributed by atoms with E-state index in [0.717, 1.165) is 52.8 Å². The topological polar surface area (TPSA) is 60.0 Å². The third kappa shape index (κ3) is 4.40. The number of halogens is 1. The van der Waals surface area contributed by atoms with Gasteiger partial charge in [0.15, 0.2) is 11.5 Å². The molecule has 1 aliphatic rings. The summed E-state index contributed by atoms with van der Waals surface area (Å²) < 4.78 is 17.3. The SMILES string of the molecule is COc1cc2c(cc1OC)CN(CCNC(=O)c1cc(Br)c3ccccc3c1OC)CC2. The molecule has 6 nitrogen and oxygen atoms in total. The molecule has 0 spiro atoms. The average molecular weight is 499 g/mol. The van der Waals surface area contributed by atoms with Gasteiger partial charge >= 0.3 is 0 Å². The number of hydrogen-bond donors (Lipinski definition) is 1. The predicted octanol–water partition coefficient (Wildman–Crippen LogP) is 4.42. The molecule has 1 amide bonds. The van der Waals surface area contributed by atoms with Crippen LogP contribution in [0.5, 0.6) is 17.2 Å². The van der Waals surface area contributed by atoms with Gasteiger partial charge in [-0.1, -0.05) is 40.2 Å². The summed E-state index contributed by atoms with van der Waals surface area (Å²) in [5.41, 5.74) is 3.05. The first-order chi connectivity index (χ1) is 15.5. The molecule has 0 radical (unpaired) electrons. The van der Waals surface area contributed by atoms with Gasteiger partial charge in [0.25, 0.3) is 5.91 Å². The van der Waals surface area contributed by atoms with E-state index in [1.807, 2.05) is 30.3 Å². The Labute approximate surface area is 196 Å². The smallest absolute Gasteiger partial charge is 0.255 e. The molecule has 0 fully saturated rings. The molecule has 7 heteroatoms. The van der Waals surface area contributed by atoms with E-state index in [2.05, 4.69) is 38.3 Å². The molecule has 1 aliphatic heterocycles. The van der Waals surface area contributed by atoms with E-state index in [0.29, 0.717) is 17.9 Å². The molecule has 0 saturated carbocycles. The van der Waals surface area contributed by atoms with Crippen LogP contribution >= 0.6 is 15.9 Å². The van der Waals surface area contributed by atoms with Crippen molar-refractivity contribution in [1.29, 1.82) is 0 Å². The van der Waals surface area contributed by atoms with E-state index < -0.39 is 0 Å². The number of ether oxygens (including phenoxy) is 3. The molecule has 1 heterocycles. The molecular weight excluding hydrogens is 472 g/mol. The number of carbonyl (C=O) groups is 1. The number of methoxy groups -OCH3 is 3. The van der Waals surface area contributed by atoms with Gasteiger partial charge < -0.3 is 19.5 Å². The zero-order valence-corrected chi connectivity index (χ0v) is 20.1. The van der Waals surface area contributed by atoms with Gasteiger partial charge in [-0.15, -0.1) is 0 Å². The summed E-state index contributed by atoms with van der Waals surface area (Å²) in [5, 5.41) is 4.97. The number of nitrogens with one attached hydrogen (secondary N) is 1. The van der Waals surface area contributed by atoms with Gasteiger partial charge in [-0.3, -0.25) is 9.69 Å². The zero-order chi connectivity index (χ0) is 22.7. The second kappa shape index (κ2) is 9.79. The minimum atomic E-state index is -0.142. The largest absolute Gasteiger partial charge is 0.495 e. The Morgan fingerprint density at radius 1 is 1.00 bits per heavy atom. The van der Waals surface area contributed by atoms with Crippen molar-refractivity contribution >= 4 is 32.6 Å². The van der Waals surface area contributed by atoms with E-state index in [1.165, 1.54) is 11.1 Å². The molecular formula is C25H27BrN2O4. The number of amides is 1. The molecule has 168 valence electrons. The number of rotatable bonds is 7. The lowest BCUT2D eigenvalue weighted by Crippen LogP contribution is -2.38. The fraction of sp³-hybridized carbons (Fsp3) is 0.320. The van der Waals surface area contributed by atoms with Crippen LogP contribution in [0.4, 0.5) is 0 Å². The van der Waals surface area contributed by atoms with Crippen LogP contribution in [-0.4, -0.2) is 51.8 Å². The standard InChI is InChI=1S/C25H27BrN2O4/c1-30-22-12-16-8-10-28(15-17(16)13-23(22)31-2)11-9-27-25(29)20-14-21(26)18-6-4-5-7-19(18)24(20)32-3/h4-7,12-14H,8-11,15H2,1-3H3,(H,27,29). The summed E-state index contributed by atoms with van der Waals surface area (Å²) in [6.07, 6.45) is 0.940. The van der Waals surface area contributed by atoms with Crippen LogP contribution in [0.15, 0.2) is 46.9 Å². The highest BCUT2D eigenvalue weighted by atomic mass is 79.9. The fourth-order valence-corrected chi connectivity index (χ4v) is 4.82. The molecule has 0 aliphatic carbocycles. The zero-order valence-electron chi connectivity index (χ0n) is 18.5. The van der Waals surface area contributed by atoms with Crippen molar-refractivity contribution in [3.63, 3.8) is 0 Å². The number of benzene rings is 3. The van der Waals surface area contributed by atoms with Crippen molar-refractivity contribution in [2.75, 3.05) is 41.0 Å². The minimum Gasteiger partial charge on any atom is -0.495 e. The van der Waals surface area contributed by atoms with E-state index in [-0.39, 0.29) is 5.91 Å². The molecule has 3 aromatic rings. The van der Waals surface area contributed by atoms with Crippen molar-refractivity contribution in [2.45, 2.75) is 13.0 Å². The first-order valence-electron chi connectivity index (χ1n) is 10.5. The first kappa shape index (κ1) is 22.4. The van der Waals surface area contributed by atoms with E-state index in [4.69, 9.17) is 14.2 Å². The van der Waals surface area contributed by atoms with Crippen LogP contribution < -0.4 is 19.5 Å². The predicted molar refractivity (Wildman–Crippen MR) is 129 cm³/mol. The summed E-state index contributed by atoms with van der Waals surface area (Å²) in [4.78, 5) is 15.3. The second-order valence-electron chi connectivity index (χ2n) is 7.74. The number of carbonyl (C=O) groups excluding carboxylic acids is 1. The van der Waals surface area contributed by atoms with E-state index >= 15 is 0 Å². The Balaban J connectivity index is 1.42. The lowest BCUT2D eigenvalue weighted by atomic mass is 9.99. The number of fused-ring (bicyclic) bond motifs is 2. The van der Waals surface area contributed by atoms with Crippen LogP contribution in [0.1, 0.15) is 21.5 Å². The maximum absolute atomic E-state index is 13.0. The van der Waals surface area contributed by atoms with Crippen molar-refractivity contribution < 1.29 is 19.0 Å². The van der Waals surface area contributed by atoms with Gasteiger partial charge in [0, 0.05) is 36.0 Å². The van der Waals surface area contributed by atoms with Crippen LogP contribution in [0.25, 0.3) is 10.8 Å². The molecule has 3 aromatic carbocycles. The molecule has 32 heavy (non-hydrogen) atoms. The Morgan fingerprint density at radius 3 is 2.38 bits per heavy atom. The Kier molecular flexibility index (Phi) is 6.86. The quantitative estimate of drug-likeness (QED) is 0.522. The molecule has 0 saturated heterocycles. The lowest BCUT2D eigenvalue weighted by Gasteiger charge is -2.29. The number of nitrogens with zero attached hydrogens (tertiary/aromatic N) is 1. The first-order valence-corrected chi connectivity index (χ1v) is 11.3. The van der Waals surface area contributed by atoms with Gasteiger partial charge in [0.1, 0.15) is 5.75 Å². The van der Waals surface area contributed by atoms with Gasteiger partial charge in [-0.2, -0.15) is 0 Å². The van der Waals surface area contributed by atoms with Crippen molar-refractivity contribution in [1.82, 2.24) is 10.2 Å². The Hall–Kier alpha value is -2.77. The summed E-state index contributed by atoms with van der Waals surface area (Å²) in [5.74, 6) is 1.96. The highest BCUT2D eigenvalue weighted by Crippen LogP contribution is 2.35. The number of hydrogen-bond acceptors (Lipinski definition) is 5. The maximum Gasteiger partial charge on any atom is 0.255 e. The minimum absolute atomic E-state index is 0.142. The van der Waals surface area contributed by atoms with Crippen molar-refractivity contribution in [3.05, 3.63) is 63.6 Å². The van der Waals surface area contributed by atoms with Crippen LogP contribution in [0, 0.1) is 0 Å². The van der Waals surface area contributed by atoms with E-state index in [1.54, 1.807) is 21.3 Å². The lowest BCUT2D eigenvalue weighted by molar-refractivity contribution is 0.0944. The Bertz CT molecular complexity index is 1150. The highest BCUT2D eigenvalue weighted by Gasteiger charge is 2.21. The molecule has 0 atom stereocenters.